The lowest BCUT2D eigenvalue weighted by molar-refractivity contribution is 0.635. The number of nitrogens with one attached hydrogen (secondary N) is 1. The van der Waals surface area contributed by atoms with Gasteiger partial charge in [0.1, 0.15) is 0 Å². The highest BCUT2D eigenvalue weighted by atomic mass is 79.9. The van der Waals surface area contributed by atoms with Gasteiger partial charge in [-0.25, -0.2) is 4.98 Å². The summed E-state index contributed by atoms with van der Waals surface area (Å²) in [6.45, 7) is 6.10. The summed E-state index contributed by atoms with van der Waals surface area (Å²) in [7, 11) is 0. The van der Waals surface area contributed by atoms with Gasteiger partial charge in [0.25, 0.3) is 0 Å². The van der Waals surface area contributed by atoms with Crippen LogP contribution in [0.15, 0.2) is 22.1 Å². The van der Waals surface area contributed by atoms with E-state index in [-0.39, 0.29) is 0 Å². The average Bonchev–Trinajstić information content (AvgIpc) is 2.90. The normalized spacial score (nSPS) is 10.8. The molecular weight excluding hydrogens is 310 g/mol. The van der Waals surface area contributed by atoms with Crippen molar-refractivity contribution in [3.05, 3.63) is 32.7 Å². The maximum absolute atomic E-state index is 4.53. The first-order valence-electron chi connectivity index (χ1n) is 6.20. The number of hydrogen-bond donors (Lipinski definition) is 1. The van der Waals surface area contributed by atoms with Gasteiger partial charge < -0.3 is 9.88 Å². The van der Waals surface area contributed by atoms with E-state index < -0.39 is 0 Å². The Kier molecular flexibility index (Phi) is 4.83. The first-order chi connectivity index (χ1) is 8.70. The Balaban J connectivity index is 2.02. The van der Waals surface area contributed by atoms with Crippen LogP contribution in [-0.4, -0.2) is 9.55 Å². The van der Waals surface area contributed by atoms with Crippen molar-refractivity contribution in [2.75, 3.05) is 5.32 Å². The summed E-state index contributed by atoms with van der Waals surface area (Å²) in [5.41, 5.74) is 1.07. The zero-order chi connectivity index (χ0) is 13.0. The van der Waals surface area contributed by atoms with Crippen molar-refractivity contribution in [1.29, 1.82) is 0 Å². The first kappa shape index (κ1) is 13.6. The zero-order valence-electron chi connectivity index (χ0n) is 10.7. The summed E-state index contributed by atoms with van der Waals surface area (Å²) in [4.78, 5) is 5.84. The molecule has 0 amide bonds. The highest BCUT2D eigenvalue weighted by Gasteiger charge is 2.06. The lowest BCUT2D eigenvalue weighted by Gasteiger charge is -2.08. The molecule has 0 radical (unpaired) electrons. The van der Waals surface area contributed by atoms with E-state index in [9.17, 15) is 0 Å². The van der Waals surface area contributed by atoms with Gasteiger partial charge >= 0.3 is 0 Å². The molecule has 0 saturated carbocycles. The molecule has 2 heterocycles. The summed E-state index contributed by atoms with van der Waals surface area (Å²) in [5.74, 6) is 0.973. The molecule has 2 aromatic heterocycles. The highest BCUT2D eigenvalue weighted by Crippen LogP contribution is 2.23. The van der Waals surface area contributed by atoms with Crippen LogP contribution in [0.3, 0.4) is 0 Å². The van der Waals surface area contributed by atoms with Crippen LogP contribution in [0.4, 0.5) is 5.95 Å². The number of thiophene rings is 1. The van der Waals surface area contributed by atoms with E-state index >= 15 is 0 Å². The van der Waals surface area contributed by atoms with Crippen LogP contribution in [0.2, 0.25) is 0 Å². The SMILES string of the molecule is CCCCn1cc(C)nc1NCc1sccc1Br. The lowest BCUT2D eigenvalue weighted by atomic mass is 10.3. The van der Waals surface area contributed by atoms with Gasteiger partial charge in [-0.1, -0.05) is 13.3 Å². The number of aryl methyl sites for hydroxylation is 2. The molecule has 18 heavy (non-hydrogen) atoms. The van der Waals surface area contributed by atoms with Crippen molar-refractivity contribution in [1.82, 2.24) is 9.55 Å². The Labute approximate surface area is 120 Å². The number of hydrogen-bond acceptors (Lipinski definition) is 3. The molecule has 0 saturated heterocycles. The van der Waals surface area contributed by atoms with Gasteiger partial charge in [-0.2, -0.15) is 0 Å². The van der Waals surface area contributed by atoms with Gasteiger partial charge in [-0.05, 0) is 40.7 Å². The van der Waals surface area contributed by atoms with E-state index in [1.54, 1.807) is 11.3 Å². The van der Waals surface area contributed by atoms with Crippen molar-refractivity contribution in [2.45, 2.75) is 39.8 Å². The monoisotopic (exact) mass is 327 g/mol. The molecule has 1 N–H and O–H groups in total. The number of nitrogens with zero attached hydrogens (tertiary/aromatic N) is 2. The molecule has 2 rings (SSSR count). The Morgan fingerprint density at radius 1 is 1.50 bits per heavy atom. The van der Waals surface area contributed by atoms with E-state index in [1.807, 2.05) is 6.92 Å². The Hall–Kier alpha value is -0.810. The molecule has 0 aliphatic carbocycles. The summed E-state index contributed by atoms with van der Waals surface area (Å²) < 4.78 is 3.38. The summed E-state index contributed by atoms with van der Waals surface area (Å²) in [6, 6.07) is 2.08. The van der Waals surface area contributed by atoms with Crippen LogP contribution in [0.5, 0.6) is 0 Å². The molecule has 0 bridgehead atoms. The van der Waals surface area contributed by atoms with Crippen molar-refractivity contribution >= 4 is 33.2 Å². The molecule has 3 nitrogen and oxygen atoms in total. The van der Waals surface area contributed by atoms with Gasteiger partial charge in [0, 0.05) is 22.1 Å². The Morgan fingerprint density at radius 3 is 3.00 bits per heavy atom. The maximum atomic E-state index is 4.53. The molecule has 0 unspecified atom stereocenters. The van der Waals surface area contributed by atoms with Crippen LogP contribution < -0.4 is 5.32 Å². The van der Waals surface area contributed by atoms with E-state index in [0.29, 0.717) is 0 Å². The molecule has 0 atom stereocenters. The number of halogens is 1. The number of imidazole rings is 1. The molecule has 0 aromatic carbocycles. The highest BCUT2D eigenvalue weighted by molar-refractivity contribution is 9.10. The maximum Gasteiger partial charge on any atom is 0.203 e. The lowest BCUT2D eigenvalue weighted by Crippen LogP contribution is -2.06. The standard InChI is InChI=1S/C13H18BrN3S/c1-3-4-6-17-9-10(2)16-13(17)15-8-12-11(14)5-7-18-12/h5,7,9H,3-4,6,8H2,1-2H3,(H,15,16). The van der Waals surface area contributed by atoms with Crippen molar-refractivity contribution in [3.63, 3.8) is 0 Å². The van der Waals surface area contributed by atoms with Gasteiger partial charge in [0.2, 0.25) is 5.95 Å². The predicted molar refractivity (Wildman–Crippen MR) is 81.2 cm³/mol. The number of anilines is 1. The molecule has 0 aliphatic rings. The quantitative estimate of drug-likeness (QED) is 0.850. The Bertz CT molecular complexity index is 504. The van der Waals surface area contributed by atoms with E-state index in [0.717, 1.165) is 24.7 Å². The van der Waals surface area contributed by atoms with Gasteiger partial charge in [0.15, 0.2) is 0 Å². The van der Waals surface area contributed by atoms with Crippen molar-refractivity contribution in [3.8, 4) is 0 Å². The second-order valence-corrected chi connectivity index (χ2v) is 6.15. The molecule has 0 fully saturated rings. The number of aromatic nitrogens is 2. The predicted octanol–water partition coefficient (Wildman–Crippen LogP) is 4.43. The third kappa shape index (κ3) is 3.36. The molecule has 98 valence electrons. The average molecular weight is 328 g/mol. The fourth-order valence-electron chi connectivity index (χ4n) is 1.80. The fraction of sp³-hybridized carbons (Fsp3) is 0.462. The number of unbranched alkanes of at least 4 members (excludes halogenated alkanes) is 1. The van der Waals surface area contributed by atoms with Crippen LogP contribution in [-0.2, 0) is 13.1 Å². The largest absolute Gasteiger partial charge is 0.351 e. The summed E-state index contributed by atoms with van der Waals surface area (Å²) in [6.07, 6.45) is 4.50. The minimum Gasteiger partial charge on any atom is -0.351 e. The van der Waals surface area contributed by atoms with Crippen LogP contribution in [0, 0.1) is 6.92 Å². The zero-order valence-corrected chi connectivity index (χ0v) is 13.1. The van der Waals surface area contributed by atoms with Crippen molar-refractivity contribution < 1.29 is 0 Å². The topological polar surface area (TPSA) is 29.9 Å². The smallest absolute Gasteiger partial charge is 0.203 e. The third-order valence-corrected chi connectivity index (χ3v) is 4.67. The van der Waals surface area contributed by atoms with E-state index in [1.165, 1.54) is 22.2 Å². The molecular formula is C13H18BrN3S. The Morgan fingerprint density at radius 2 is 2.33 bits per heavy atom. The third-order valence-electron chi connectivity index (χ3n) is 2.75. The minimum absolute atomic E-state index is 0.820. The molecule has 2 aromatic rings. The summed E-state index contributed by atoms with van der Waals surface area (Å²) in [5, 5.41) is 5.51. The van der Waals surface area contributed by atoms with Crippen LogP contribution >= 0.6 is 27.3 Å². The van der Waals surface area contributed by atoms with Crippen LogP contribution in [0.25, 0.3) is 0 Å². The van der Waals surface area contributed by atoms with Gasteiger partial charge in [-0.3, -0.25) is 0 Å². The fourth-order valence-corrected chi connectivity index (χ4v) is 3.23. The second-order valence-electron chi connectivity index (χ2n) is 4.30. The minimum atomic E-state index is 0.820. The van der Waals surface area contributed by atoms with E-state index in [4.69, 9.17) is 0 Å². The molecule has 0 aliphatic heterocycles. The van der Waals surface area contributed by atoms with Gasteiger partial charge in [-0.15, -0.1) is 11.3 Å². The number of rotatable bonds is 6. The van der Waals surface area contributed by atoms with Crippen LogP contribution in [0.1, 0.15) is 30.3 Å². The second kappa shape index (κ2) is 6.38. The van der Waals surface area contributed by atoms with Crippen molar-refractivity contribution in [2.24, 2.45) is 0 Å². The van der Waals surface area contributed by atoms with E-state index in [2.05, 4.69) is 55.4 Å². The first-order valence-corrected chi connectivity index (χ1v) is 7.87. The summed E-state index contributed by atoms with van der Waals surface area (Å²) >= 11 is 5.30. The van der Waals surface area contributed by atoms with Gasteiger partial charge in [0.05, 0.1) is 12.2 Å². The molecule has 0 spiro atoms. The molecule has 5 heteroatoms.